The van der Waals surface area contributed by atoms with Crippen LogP contribution in [0.5, 0.6) is 0 Å². The summed E-state index contributed by atoms with van der Waals surface area (Å²) in [5.41, 5.74) is 0.530. The fourth-order valence-electron chi connectivity index (χ4n) is 3.36. The molecule has 3 nitrogen and oxygen atoms in total. The van der Waals surface area contributed by atoms with Crippen LogP contribution in [0.25, 0.3) is 0 Å². The molecule has 0 atom stereocenters. The van der Waals surface area contributed by atoms with Crippen molar-refractivity contribution in [2.24, 2.45) is 5.41 Å². The van der Waals surface area contributed by atoms with Crippen molar-refractivity contribution in [3.8, 4) is 0 Å². The van der Waals surface area contributed by atoms with Crippen molar-refractivity contribution in [3.05, 3.63) is 0 Å². The van der Waals surface area contributed by atoms with Gasteiger partial charge in [-0.15, -0.1) is 0 Å². The SMILES string of the molecule is CCOCCN(C)CC1(CNC2CC2)CCCCC1. The summed E-state index contributed by atoms with van der Waals surface area (Å²) in [6, 6.07) is 0.840. The van der Waals surface area contributed by atoms with Gasteiger partial charge in [-0.1, -0.05) is 19.3 Å². The predicted octanol–water partition coefficient (Wildman–Crippen LogP) is 2.66. The molecule has 0 unspecified atom stereocenters. The van der Waals surface area contributed by atoms with E-state index in [2.05, 4.69) is 24.2 Å². The van der Waals surface area contributed by atoms with E-state index in [9.17, 15) is 0 Å². The summed E-state index contributed by atoms with van der Waals surface area (Å²) in [5.74, 6) is 0. The Morgan fingerprint density at radius 2 is 1.95 bits per heavy atom. The van der Waals surface area contributed by atoms with E-state index in [4.69, 9.17) is 4.74 Å². The fraction of sp³-hybridized carbons (Fsp3) is 1.00. The minimum absolute atomic E-state index is 0.530. The van der Waals surface area contributed by atoms with Crippen LogP contribution in [0.15, 0.2) is 0 Å². The van der Waals surface area contributed by atoms with E-state index in [0.29, 0.717) is 5.41 Å². The van der Waals surface area contributed by atoms with Gasteiger partial charge in [0.1, 0.15) is 0 Å². The third kappa shape index (κ3) is 5.41. The van der Waals surface area contributed by atoms with Crippen molar-refractivity contribution in [2.75, 3.05) is 39.9 Å². The highest BCUT2D eigenvalue weighted by atomic mass is 16.5. The molecule has 2 aliphatic carbocycles. The zero-order valence-electron chi connectivity index (χ0n) is 12.9. The quantitative estimate of drug-likeness (QED) is 0.651. The van der Waals surface area contributed by atoms with Gasteiger partial charge < -0.3 is 15.0 Å². The number of hydrogen-bond donors (Lipinski definition) is 1. The summed E-state index contributed by atoms with van der Waals surface area (Å²) in [6.07, 6.45) is 9.90. The maximum Gasteiger partial charge on any atom is 0.0593 e. The molecule has 0 aliphatic heterocycles. The first-order chi connectivity index (χ1) is 9.24. The van der Waals surface area contributed by atoms with Crippen LogP contribution in [0.3, 0.4) is 0 Å². The fourth-order valence-corrected chi connectivity index (χ4v) is 3.36. The lowest BCUT2D eigenvalue weighted by Gasteiger charge is -2.40. The van der Waals surface area contributed by atoms with Crippen LogP contribution in [-0.2, 0) is 4.74 Å². The zero-order chi connectivity index (χ0) is 13.6. The molecule has 0 aromatic rings. The van der Waals surface area contributed by atoms with Gasteiger partial charge in [-0.3, -0.25) is 0 Å². The summed E-state index contributed by atoms with van der Waals surface area (Å²) in [4.78, 5) is 2.48. The Hall–Kier alpha value is -0.120. The number of rotatable bonds is 9. The summed E-state index contributed by atoms with van der Waals surface area (Å²) < 4.78 is 5.48. The Labute approximate surface area is 119 Å². The van der Waals surface area contributed by atoms with Gasteiger partial charge in [0, 0.05) is 32.3 Å². The number of ether oxygens (including phenoxy) is 1. The van der Waals surface area contributed by atoms with E-state index in [1.165, 1.54) is 58.0 Å². The van der Waals surface area contributed by atoms with E-state index >= 15 is 0 Å². The van der Waals surface area contributed by atoms with Gasteiger partial charge in [0.25, 0.3) is 0 Å². The van der Waals surface area contributed by atoms with Crippen LogP contribution >= 0.6 is 0 Å². The van der Waals surface area contributed by atoms with E-state index < -0.39 is 0 Å². The second kappa shape index (κ2) is 7.61. The standard InChI is InChI=1S/C16H32N2O/c1-3-19-12-11-18(2)14-16(9-5-4-6-10-16)13-17-15-7-8-15/h15,17H,3-14H2,1-2H3. The largest absolute Gasteiger partial charge is 0.380 e. The Morgan fingerprint density at radius 3 is 2.58 bits per heavy atom. The lowest BCUT2D eigenvalue weighted by Crippen LogP contribution is -2.45. The van der Waals surface area contributed by atoms with Crippen LogP contribution in [0.1, 0.15) is 51.9 Å². The monoisotopic (exact) mass is 268 g/mol. The van der Waals surface area contributed by atoms with Crippen LogP contribution in [0, 0.1) is 5.41 Å². The first-order valence-electron chi connectivity index (χ1n) is 8.24. The third-order valence-electron chi connectivity index (χ3n) is 4.68. The van der Waals surface area contributed by atoms with E-state index in [1.54, 1.807) is 0 Å². The Kier molecular flexibility index (Phi) is 6.11. The summed E-state index contributed by atoms with van der Waals surface area (Å²) >= 11 is 0. The average molecular weight is 268 g/mol. The molecule has 0 bridgehead atoms. The van der Waals surface area contributed by atoms with Gasteiger partial charge in [-0.05, 0) is 45.1 Å². The zero-order valence-corrected chi connectivity index (χ0v) is 12.9. The van der Waals surface area contributed by atoms with Gasteiger partial charge in [-0.2, -0.15) is 0 Å². The second-order valence-electron chi connectivity index (χ2n) is 6.65. The third-order valence-corrected chi connectivity index (χ3v) is 4.68. The molecular weight excluding hydrogens is 236 g/mol. The highest BCUT2D eigenvalue weighted by Crippen LogP contribution is 2.37. The minimum Gasteiger partial charge on any atom is -0.380 e. The Bertz CT molecular complexity index is 247. The maximum atomic E-state index is 5.48. The molecule has 112 valence electrons. The molecule has 19 heavy (non-hydrogen) atoms. The molecule has 2 aliphatic rings. The molecule has 0 heterocycles. The van der Waals surface area contributed by atoms with Gasteiger partial charge in [0.05, 0.1) is 6.61 Å². The minimum atomic E-state index is 0.530. The molecule has 0 amide bonds. The Morgan fingerprint density at radius 1 is 1.21 bits per heavy atom. The summed E-state index contributed by atoms with van der Waals surface area (Å²) in [5, 5.41) is 3.78. The van der Waals surface area contributed by atoms with E-state index in [-0.39, 0.29) is 0 Å². The molecule has 0 radical (unpaired) electrons. The molecule has 3 heteroatoms. The van der Waals surface area contributed by atoms with E-state index in [0.717, 1.165) is 25.8 Å². The first-order valence-corrected chi connectivity index (χ1v) is 8.24. The van der Waals surface area contributed by atoms with Gasteiger partial charge in [0.2, 0.25) is 0 Å². The molecule has 0 aromatic carbocycles. The van der Waals surface area contributed by atoms with Gasteiger partial charge in [0.15, 0.2) is 0 Å². The second-order valence-corrected chi connectivity index (χ2v) is 6.65. The van der Waals surface area contributed by atoms with Crippen molar-refractivity contribution in [3.63, 3.8) is 0 Å². The normalized spacial score (nSPS) is 22.9. The molecule has 2 saturated carbocycles. The van der Waals surface area contributed by atoms with Crippen LogP contribution < -0.4 is 5.32 Å². The van der Waals surface area contributed by atoms with Crippen molar-refractivity contribution in [1.29, 1.82) is 0 Å². The lowest BCUT2D eigenvalue weighted by molar-refractivity contribution is 0.0810. The van der Waals surface area contributed by atoms with Crippen molar-refractivity contribution in [1.82, 2.24) is 10.2 Å². The number of likely N-dealkylation sites (N-methyl/N-ethyl adjacent to an activating group) is 1. The maximum absolute atomic E-state index is 5.48. The van der Waals surface area contributed by atoms with Crippen molar-refractivity contribution >= 4 is 0 Å². The highest BCUT2D eigenvalue weighted by molar-refractivity contribution is 4.91. The summed E-state index contributed by atoms with van der Waals surface area (Å²) in [7, 11) is 2.26. The lowest BCUT2D eigenvalue weighted by atomic mass is 9.73. The molecule has 1 N–H and O–H groups in total. The molecule has 2 rings (SSSR count). The predicted molar refractivity (Wildman–Crippen MR) is 80.5 cm³/mol. The van der Waals surface area contributed by atoms with Crippen LogP contribution in [0.2, 0.25) is 0 Å². The first kappa shape index (κ1) is 15.3. The molecule has 2 fully saturated rings. The van der Waals surface area contributed by atoms with Gasteiger partial charge >= 0.3 is 0 Å². The molecular formula is C16H32N2O. The topological polar surface area (TPSA) is 24.5 Å². The number of nitrogens with zero attached hydrogens (tertiary/aromatic N) is 1. The number of hydrogen-bond acceptors (Lipinski definition) is 3. The smallest absolute Gasteiger partial charge is 0.0593 e. The molecule has 0 spiro atoms. The average Bonchev–Trinajstić information content (AvgIpc) is 3.22. The Balaban J connectivity index is 1.77. The van der Waals surface area contributed by atoms with Crippen molar-refractivity contribution in [2.45, 2.75) is 57.9 Å². The molecule has 0 saturated heterocycles. The van der Waals surface area contributed by atoms with Crippen molar-refractivity contribution < 1.29 is 4.74 Å². The summed E-state index contributed by atoms with van der Waals surface area (Å²) in [6.45, 7) is 7.32. The van der Waals surface area contributed by atoms with Crippen LogP contribution in [-0.4, -0.2) is 50.8 Å². The number of nitrogens with one attached hydrogen (secondary N) is 1. The highest BCUT2D eigenvalue weighted by Gasteiger charge is 2.34. The molecule has 0 aromatic heterocycles. The van der Waals surface area contributed by atoms with Gasteiger partial charge in [-0.25, -0.2) is 0 Å². The van der Waals surface area contributed by atoms with Crippen LogP contribution in [0.4, 0.5) is 0 Å². The van der Waals surface area contributed by atoms with E-state index in [1.807, 2.05) is 0 Å².